The number of thiazole rings is 1. The first-order valence-electron chi connectivity index (χ1n) is 6.35. The molecule has 4 nitrogen and oxygen atoms in total. The van der Waals surface area contributed by atoms with Gasteiger partial charge >= 0.3 is 0 Å². The Labute approximate surface area is 127 Å². The van der Waals surface area contributed by atoms with Gasteiger partial charge in [-0.3, -0.25) is 14.8 Å². The lowest BCUT2D eigenvalue weighted by molar-refractivity contribution is 0.0971. The molecule has 0 spiro atoms. The minimum Gasteiger partial charge on any atom is -0.322 e. The topological polar surface area (TPSA) is 54.9 Å². The van der Waals surface area contributed by atoms with Crippen molar-refractivity contribution in [3.05, 3.63) is 77.2 Å². The molecule has 0 aliphatic rings. The molecule has 21 heavy (non-hydrogen) atoms. The van der Waals surface area contributed by atoms with E-state index in [1.807, 2.05) is 37.3 Å². The molecular weight excluding hydrogens is 282 g/mol. The van der Waals surface area contributed by atoms with Crippen molar-refractivity contribution < 1.29 is 4.79 Å². The molecule has 2 rings (SSSR count). The van der Waals surface area contributed by atoms with Gasteiger partial charge in [-0.05, 0) is 30.7 Å². The van der Waals surface area contributed by atoms with Crippen molar-refractivity contribution in [3.63, 3.8) is 0 Å². The van der Waals surface area contributed by atoms with Crippen LogP contribution in [0.5, 0.6) is 0 Å². The van der Waals surface area contributed by atoms with Crippen molar-refractivity contribution in [2.45, 2.75) is 6.92 Å². The summed E-state index contributed by atoms with van der Waals surface area (Å²) in [5, 5.41) is 2.72. The van der Waals surface area contributed by atoms with Crippen LogP contribution in [-0.4, -0.2) is 15.9 Å². The fourth-order valence-electron chi connectivity index (χ4n) is 1.63. The Hall–Kier alpha value is -2.53. The number of nitrogens with one attached hydrogen (secondary N) is 1. The molecule has 0 saturated heterocycles. The van der Waals surface area contributed by atoms with Crippen molar-refractivity contribution in [1.82, 2.24) is 15.3 Å². The van der Waals surface area contributed by atoms with Gasteiger partial charge in [0, 0.05) is 11.9 Å². The Morgan fingerprint density at radius 1 is 1.38 bits per heavy atom. The molecule has 0 bridgehead atoms. The second kappa shape index (κ2) is 7.31. The first-order chi connectivity index (χ1) is 10.2. The van der Waals surface area contributed by atoms with E-state index in [0.717, 1.165) is 11.3 Å². The molecule has 5 heteroatoms. The summed E-state index contributed by atoms with van der Waals surface area (Å²) < 4.78 is 0. The maximum atomic E-state index is 11.8. The molecule has 0 fully saturated rings. The van der Waals surface area contributed by atoms with Crippen LogP contribution in [0, 0.1) is 0 Å². The molecule has 0 unspecified atom stereocenters. The Balaban J connectivity index is 2.00. The summed E-state index contributed by atoms with van der Waals surface area (Å²) in [5.41, 5.74) is 3.97. The average molecular weight is 297 g/mol. The third-order valence-corrected chi connectivity index (χ3v) is 3.44. The normalized spacial score (nSPS) is 11.6. The minimum atomic E-state index is -0.202. The van der Waals surface area contributed by atoms with Crippen LogP contribution in [0.2, 0.25) is 0 Å². The minimum absolute atomic E-state index is 0.202. The molecule has 1 amide bonds. The summed E-state index contributed by atoms with van der Waals surface area (Å²) in [6.45, 7) is 5.76. The fraction of sp³-hybridized carbons (Fsp3) is 0.0625. The van der Waals surface area contributed by atoms with Gasteiger partial charge in [-0.25, -0.2) is 0 Å². The zero-order valence-electron chi connectivity index (χ0n) is 11.6. The number of carbonyl (C=O) groups excluding carboxylic acids is 1. The molecule has 2 aromatic rings. The zero-order chi connectivity index (χ0) is 15.1. The van der Waals surface area contributed by atoms with E-state index in [4.69, 9.17) is 0 Å². The first-order valence-corrected chi connectivity index (χ1v) is 7.23. The van der Waals surface area contributed by atoms with E-state index in [0.29, 0.717) is 10.6 Å². The fourth-order valence-corrected chi connectivity index (χ4v) is 2.15. The van der Waals surface area contributed by atoms with Crippen LogP contribution in [0.1, 0.15) is 22.3 Å². The van der Waals surface area contributed by atoms with Crippen LogP contribution in [-0.2, 0) is 0 Å². The number of carbonyl (C=O) groups is 1. The summed E-state index contributed by atoms with van der Waals surface area (Å²) in [5.74, 6) is -0.202. The predicted octanol–water partition coefficient (Wildman–Crippen LogP) is 3.44. The number of rotatable bonds is 5. The number of aromatic nitrogens is 2. The third kappa shape index (κ3) is 4.22. The van der Waals surface area contributed by atoms with Crippen LogP contribution in [0.4, 0.5) is 0 Å². The summed E-state index contributed by atoms with van der Waals surface area (Å²) in [7, 11) is 0. The monoisotopic (exact) mass is 297 g/mol. The van der Waals surface area contributed by atoms with E-state index in [-0.39, 0.29) is 5.91 Å². The number of nitrogens with zero attached hydrogens (tertiary/aromatic N) is 2. The van der Waals surface area contributed by atoms with E-state index in [9.17, 15) is 4.79 Å². The highest BCUT2D eigenvalue weighted by atomic mass is 32.1. The lowest BCUT2D eigenvalue weighted by Crippen LogP contribution is -2.20. The van der Waals surface area contributed by atoms with Crippen molar-refractivity contribution in [3.8, 4) is 0 Å². The van der Waals surface area contributed by atoms with Gasteiger partial charge in [0.25, 0.3) is 5.91 Å². The molecule has 0 atom stereocenters. The lowest BCUT2D eigenvalue weighted by atomic mass is 10.1. The quantitative estimate of drug-likeness (QED) is 0.860. The molecule has 0 aliphatic heterocycles. The second-order valence-electron chi connectivity index (χ2n) is 4.14. The molecule has 2 heterocycles. The molecule has 0 saturated carbocycles. The van der Waals surface area contributed by atoms with E-state index in [2.05, 4.69) is 21.9 Å². The number of pyridine rings is 1. The third-order valence-electron chi connectivity index (χ3n) is 2.67. The van der Waals surface area contributed by atoms with Crippen LogP contribution < -0.4 is 5.32 Å². The zero-order valence-corrected chi connectivity index (χ0v) is 12.4. The van der Waals surface area contributed by atoms with Crippen molar-refractivity contribution >= 4 is 22.8 Å². The van der Waals surface area contributed by atoms with Gasteiger partial charge in [0.2, 0.25) is 0 Å². The predicted molar refractivity (Wildman–Crippen MR) is 85.7 cm³/mol. The summed E-state index contributed by atoms with van der Waals surface area (Å²) in [6.07, 6.45) is 8.85. The molecular formula is C16H15N3OS. The highest BCUT2D eigenvalue weighted by Crippen LogP contribution is 2.13. The molecule has 106 valence electrons. The molecule has 2 aromatic heterocycles. The number of amides is 1. The van der Waals surface area contributed by atoms with Crippen LogP contribution in [0.15, 0.2) is 66.6 Å². The largest absolute Gasteiger partial charge is 0.322 e. The van der Waals surface area contributed by atoms with E-state index >= 15 is 0 Å². The number of allylic oxidation sites excluding steroid dienone is 4. The Morgan fingerprint density at radius 2 is 2.24 bits per heavy atom. The summed E-state index contributed by atoms with van der Waals surface area (Å²) in [6, 6.07) is 5.73. The van der Waals surface area contributed by atoms with Gasteiger partial charge in [0.05, 0.1) is 17.4 Å². The number of hydrogen-bond acceptors (Lipinski definition) is 4. The van der Waals surface area contributed by atoms with Crippen molar-refractivity contribution in [2.24, 2.45) is 0 Å². The SMILES string of the molecule is C=C(/C=C\C(=C/C)c1ccccn1)NC(=O)c1cncs1. The highest BCUT2D eigenvalue weighted by Gasteiger charge is 2.06. The Morgan fingerprint density at radius 3 is 2.86 bits per heavy atom. The van der Waals surface area contributed by atoms with Gasteiger partial charge in [0.15, 0.2) is 0 Å². The van der Waals surface area contributed by atoms with Crippen LogP contribution >= 0.6 is 11.3 Å². The first kappa shape index (κ1) is 14.9. The number of hydrogen-bond donors (Lipinski definition) is 1. The summed E-state index contributed by atoms with van der Waals surface area (Å²) >= 11 is 1.29. The van der Waals surface area contributed by atoms with Crippen molar-refractivity contribution in [2.75, 3.05) is 0 Å². The molecule has 0 aliphatic carbocycles. The van der Waals surface area contributed by atoms with Crippen LogP contribution in [0.25, 0.3) is 5.57 Å². The highest BCUT2D eigenvalue weighted by molar-refractivity contribution is 7.11. The maximum Gasteiger partial charge on any atom is 0.267 e. The van der Waals surface area contributed by atoms with Gasteiger partial charge in [-0.2, -0.15) is 0 Å². The van der Waals surface area contributed by atoms with E-state index < -0.39 is 0 Å². The molecule has 0 aromatic carbocycles. The van der Waals surface area contributed by atoms with Gasteiger partial charge in [0.1, 0.15) is 4.88 Å². The maximum absolute atomic E-state index is 11.8. The Kier molecular flexibility index (Phi) is 5.17. The lowest BCUT2D eigenvalue weighted by Gasteiger charge is -2.03. The standard InChI is InChI=1S/C16H15N3OS/c1-3-13(14-6-4-5-9-18-14)8-7-12(2)19-16(20)15-10-17-11-21-15/h3-11H,2H2,1H3,(H,19,20)/b8-7-,13-3+. The van der Waals surface area contributed by atoms with E-state index in [1.54, 1.807) is 17.8 Å². The average Bonchev–Trinajstić information content (AvgIpc) is 3.03. The summed E-state index contributed by atoms with van der Waals surface area (Å²) in [4.78, 5) is 20.6. The van der Waals surface area contributed by atoms with Gasteiger partial charge < -0.3 is 5.32 Å². The van der Waals surface area contributed by atoms with E-state index in [1.165, 1.54) is 17.5 Å². The smallest absolute Gasteiger partial charge is 0.267 e. The molecule has 1 N–H and O–H groups in total. The van der Waals surface area contributed by atoms with Gasteiger partial charge in [-0.15, -0.1) is 11.3 Å². The second-order valence-corrected chi connectivity index (χ2v) is 5.02. The van der Waals surface area contributed by atoms with Gasteiger partial charge in [-0.1, -0.05) is 24.8 Å². The van der Waals surface area contributed by atoms with Crippen LogP contribution in [0.3, 0.4) is 0 Å². The van der Waals surface area contributed by atoms with Crippen molar-refractivity contribution in [1.29, 1.82) is 0 Å². The Bertz CT molecular complexity index is 673. The molecule has 0 radical (unpaired) electrons.